The molecule has 6 nitrogen and oxygen atoms in total. The average Bonchev–Trinajstić information content (AvgIpc) is 3.23. The molecule has 1 aliphatic carbocycles. The SMILES string of the molecule is CC(C)(C)[C@@H]1CCc2c(sc3nc(NNC(=O)c4ccccc4)n(Cc4ccccc4)c(=O)c23)C1. The molecule has 0 spiro atoms. The Hall–Kier alpha value is -3.45. The minimum Gasteiger partial charge on any atom is -0.272 e. The van der Waals surface area contributed by atoms with Crippen molar-refractivity contribution in [3.63, 3.8) is 0 Å². The summed E-state index contributed by atoms with van der Waals surface area (Å²) >= 11 is 1.62. The smallest absolute Gasteiger partial charge is 0.269 e. The molecule has 1 aliphatic rings. The summed E-state index contributed by atoms with van der Waals surface area (Å²) in [6.45, 7) is 7.23. The van der Waals surface area contributed by atoms with Crippen LogP contribution in [0.1, 0.15) is 53.6 Å². The summed E-state index contributed by atoms with van der Waals surface area (Å²) in [7, 11) is 0. The monoisotopic (exact) mass is 486 g/mol. The van der Waals surface area contributed by atoms with E-state index in [4.69, 9.17) is 4.98 Å². The summed E-state index contributed by atoms with van der Waals surface area (Å²) in [6, 6.07) is 18.8. The number of hydrazine groups is 1. The first kappa shape index (κ1) is 23.3. The van der Waals surface area contributed by atoms with E-state index in [0.717, 1.165) is 40.6 Å². The van der Waals surface area contributed by atoms with Crippen LogP contribution < -0.4 is 16.4 Å². The lowest BCUT2D eigenvalue weighted by Gasteiger charge is -2.33. The molecule has 35 heavy (non-hydrogen) atoms. The molecule has 2 N–H and O–H groups in total. The van der Waals surface area contributed by atoms with Crippen molar-refractivity contribution in [2.24, 2.45) is 11.3 Å². The van der Waals surface area contributed by atoms with E-state index >= 15 is 0 Å². The molecule has 1 atom stereocenters. The molecule has 0 unspecified atom stereocenters. The van der Waals surface area contributed by atoms with Crippen LogP contribution in [-0.4, -0.2) is 15.5 Å². The fourth-order valence-electron chi connectivity index (χ4n) is 4.78. The highest BCUT2D eigenvalue weighted by atomic mass is 32.1. The van der Waals surface area contributed by atoms with Gasteiger partial charge in [-0.15, -0.1) is 11.3 Å². The third-order valence-electron chi connectivity index (χ3n) is 6.90. The summed E-state index contributed by atoms with van der Waals surface area (Å²) in [5.41, 5.74) is 8.48. The Balaban J connectivity index is 1.55. The van der Waals surface area contributed by atoms with Crippen LogP contribution in [0.5, 0.6) is 0 Å². The number of aromatic nitrogens is 2. The van der Waals surface area contributed by atoms with Gasteiger partial charge in [0.15, 0.2) is 0 Å². The number of thiophene rings is 1. The summed E-state index contributed by atoms with van der Waals surface area (Å²) in [5, 5.41) is 0.730. The van der Waals surface area contributed by atoms with Crippen molar-refractivity contribution in [2.45, 2.75) is 46.6 Å². The van der Waals surface area contributed by atoms with Crippen molar-refractivity contribution in [1.29, 1.82) is 0 Å². The maximum Gasteiger partial charge on any atom is 0.269 e. The third-order valence-corrected chi connectivity index (χ3v) is 8.05. The van der Waals surface area contributed by atoms with E-state index in [9.17, 15) is 9.59 Å². The van der Waals surface area contributed by atoms with Crippen LogP contribution >= 0.6 is 11.3 Å². The van der Waals surface area contributed by atoms with Gasteiger partial charge in [-0.05, 0) is 53.9 Å². The topological polar surface area (TPSA) is 76.0 Å². The summed E-state index contributed by atoms with van der Waals surface area (Å²) in [5.74, 6) is 0.628. The molecular weight excluding hydrogens is 456 g/mol. The lowest BCUT2D eigenvalue weighted by atomic mass is 9.72. The molecule has 4 aromatic rings. The number of carbonyl (C=O) groups excluding carboxylic acids is 1. The predicted octanol–water partition coefficient (Wildman–Crippen LogP) is 5.41. The van der Waals surface area contributed by atoms with Gasteiger partial charge in [0.05, 0.1) is 11.9 Å². The fraction of sp³-hybridized carbons (Fsp3) is 0.321. The average molecular weight is 487 g/mol. The van der Waals surface area contributed by atoms with Crippen molar-refractivity contribution < 1.29 is 4.79 Å². The summed E-state index contributed by atoms with van der Waals surface area (Å²) in [4.78, 5) is 33.3. The summed E-state index contributed by atoms with van der Waals surface area (Å²) < 4.78 is 1.63. The zero-order chi connectivity index (χ0) is 24.6. The number of carbonyl (C=O) groups is 1. The molecule has 180 valence electrons. The third kappa shape index (κ3) is 4.73. The van der Waals surface area contributed by atoms with E-state index in [0.29, 0.717) is 24.0 Å². The minimum absolute atomic E-state index is 0.0676. The standard InChI is InChI=1S/C28H30N4O2S/c1-28(2,3)20-14-15-21-22(16-20)35-25-23(21)26(34)32(17-18-10-6-4-7-11-18)27(29-25)31-30-24(33)19-12-8-5-9-13-19/h4-13,20H,14-17H2,1-3H3,(H,29,31)(H,30,33)/t20-/m1/s1. The van der Waals surface area contributed by atoms with Gasteiger partial charge in [-0.3, -0.25) is 25.0 Å². The number of rotatable bonds is 5. The minimum atomic E-state index is -0.287. The van der Waals surface area contributed by atoms with E-state index in [1.165, 1.54) is 4.88 Å². The highest BCUT2D eigenvalue weighted by molar-refractivity contribution is 7.18. The van der Waals surface area contributed by atoms with Crippen LogP contribution in [0.15, 0.2) is 65.5 Å². The molecule has 2 heterocycles. The normalized spacial score (nSPS) is 15.6. The molecule has 7 heteroatoms. The van der Waals surface area contributed by atoms with E-state index in [2.05, 4.69) is 31.6 Å². The highest BCUT2D eigenvalue weighted by Crippen LogP contribution is 2.42. The molecule has 0 bridgehead atoms. The van der Waals surface area contributed by atoms with E-state index < -0.39 is 0 Å². The van der Waals surface area contributed by atoms with Crippen LogP contribution in [0.25, 0.3) is 10.2 Å². The molecule has 0 saturated carbocycles. The van der Waals surface area contributed by atoms with E-state index in [1.807, 2.05) is 48.5 Å². The molecule has 0 fully saturated rings. The maximum absolute atomic E-state index is 13.9. The lowest BCUT2D eigenvalue weighted by Crippen LogP contribution is -2.34. The number of hydrogen-bond acceptors (Lipinski definition) is 5. The van der Waals surface area contributed by atoms with Gasteiger partial charge in [0.25, 0.3) is 11.5 Å². The van der Waals surface area contributed by atoms with Crippen LogP contribution in [0.4, 0.5) is 5.95 Å². The van der Waals surface area contributed by atoms with Gasteiger partial charge in [-0.2, -0.15) is 0 Å². The zero-order valence-electron chi connectivity index (χ0n) is 20.3. The Morgan fingerprint density at radius 2 is 1.77 bits per heavy atom. The van der Waals surface area contributed by atoms with Gasteiger partial charge in [-0.1, -0.05) is 69.3 Å². The van der Waals surface area contributed by atoms with Crippen LogP contribution in [0, 0.1) is 11.3 Å². The lowest BCUT2D eigenvalue weighted by molar-refractivity contribution is 0.0962. The van der Waals surface area contributed by atoms with Gasteiger partial charge in [0.2, 0.25) is 5.95 Å². The zero-order valence-corrected chi connectivity index (χ0v) is 21.1. The molecule has 5 rings (SSSR count). The number of hydrogen-bond donors (Lipinski definition) is 2. The number of nitrogens with zero attached hydrogens (tertiary/aromatic N) is 2. The van der Waals surface area contributed by atoms with E-state index in [1.54, 1.807) is 28.0 Å². The van der Waals surface area contributed by atoms with Crippen molar-refractivity contribution in [2.75, 3.05) is 5.43 Å². The Labute approximate surface area is 209 Å². The fourth-order valence-corrected chi connectivity index (χ4v) is 6.07. The molecule has 0 aliphatic heterocycles. The number of nitrogens with one attached hydrogen (secondary N) is 2. The van der Waals surface area contributed by atoms with Crippen LogP contribution in [-0.2, 0) is 19.4 Å². The maximum atomic E-state index is 13.9. The van der Waals surface area contributed by atoms with Gasteiger partial charge in [0, 0.05) is 10.4 Å². The Morgan fingerprint density at radius 1 is 1.09 bits per heavy atom. The number of benzene rings is 2. The molecular formula is C28H30N4O2S. The van der Waals surface area contributed by atoms with Gasteiger partial charge in [-0.25, -0.2) is 4.98 Å². The van der Waals surface area contributed by atoms with E-state index in [-0.39, 0.29) is 16.9 Å². The predicted molar refractivity (Wildman–Crippen MR) is 142 cm³/mol. The molecule has 0 saturated heterocycles. The van der Waals surface area contributed by atoms with Gasteiger partial charge >= 0.3 is 0 Å². The number of anilines is 1. The molecule has 0 radical (unpaired) electrons. The Bertz CT molecular complexity index is 1420. The second-order valence-corrected chi connectivity index (χ2v) is 11.3. The second kappa shape index (κ2) is 9.30. The molecule has 2 aromatic heterocycles. The molecule has 1 amide bonds. The van der Waals surface area contributed by atoms with Crippen molar-refractivity contribution in [3.05, 3.63) is 92.6 Å². The van der Waals surface area contributed by atoms with Crippen molar-refractivity contribution in [1.82, 2.24) is 15.0 Å². The van der Waals surface area contributed by atoms with Gasteiger partial charge < -0.3 is 0 Å². The summed E-state index contributed by atoms with van der Waals surface area (Å²) in [6.07, 6.45) is 2.95. The van der Waals surface area contributed by atoms with Crippen LogP contribution in [0.2, 0.25) is 0 Å². The number of fused-ring (bicyclic) bond motifs is 3. The van der Waals surface area contributed by atoms with Gasteiger partial charge in [0.1, 0.15) is 4.83 Å². The first-order valence-corrected chi connectivity index (χ1v) is 12.8. The Morgan fingerprint density at radius 3 is 2.46 bits per heavy atom. The first-order chi connectivity index (χ1) is 16.8. The molecule has 2 aromatic carbocycles. The number of amides is 1. The first-order valence-electron chi connectivity index (χ1n) is 12.0. The second-order valence-electron chi connectivity index (χ2n) is 10.2. The van der Waals surface area contributed by atoms with Crippen molar-refractivity contribution in [3.8, 4) is 0 Å². The van der Waals surface area contributed by atoms with Crippen LogP contribution in [0.3, 0.4) is 0 Å². The van der Waals surface area contributed by atoms with Crippen molar-refractivity contribution >= 4 is 33.4 Å². The number of aryl methyl sites for hydroxylation is 1. The highest BCUT2D eigenvalue weighted by Gasteiger charge is 2.32. The Kier molecular flexibility index (Phi) is 6.19. The quantitative estimate of drug-likeness (QED) is 0.370. The largest absolute Gasteiger partial charge is 0.272 e.